The lowest BCUT2D eigenvalue weighted by Crippen LogP contribution is -2.45. The molecule has 0 spiro atoms. The van der Waals surface area contributed by atoms with Gasteiger partial charge >= 0.3 is 0 Å². The molecular formula is C25H41N3O8. The zero-order valence-corrected chi connectivity index (χ0v) is 21.4. The van der Waals surface area contributed by atoms with Crippen molar-refractivity contribution >= 4 is 11.8 Å². The molecule has 0 unspecified atom stereocenters. The van der Waals surface area contributed by atoms with Gasteiger partial charge in [0.25, 0.3) is 11.8 Å². The Morgan fingerprint density at radius 3 is 2.36 bits per heavy atom. The number of nitrogens with one attached hydrogen (secondary N) is 1. The third-order valence-corrected chi connectivity index (χ3v) is 6.01. The topological polar surface area (TPSA) is 152 Å². The van der Waals surface area contributed by atoms with E-state index in [1.807, 2.05) is 13.8 Å². The standard InChI is InChI=1S/C25H41N3O8/c1-4-8-27(9-5-2)25(34)19-12-17(3)11-18(13-19)24(33)26-35-15-21(30)23(32)22(31)16-36-28-10-6-7-20(28)14-29/h11-13,20-23,29-32H,4-10,14-16H2,1-3H3,(H,26,33)/t20-,21+,22-,23-/m1/s1. The molecule has 11 heteroatoms. The van der Waals surface area contributed by atoms with Crippen molar-refractivity contribution in [1.29, 1.82) is 0 Å². The summed E-state index contributed by atoms with van der Waals surface area (Å²) in [4.78, 5) is 37.8. The maximum absolute atomic E-state index is 12.9. The van der Waals surface area contributed by atoms with Gasteiger partial charge in [0.15, 0.2) is 0 Å². The third kappa shape index (κ3) is 8.77. The molecule has 36 heavy (non-hydrogen) atoms. The van der Waals surface area contributed by atoms with E-state index >= 15 is 0 Å². The molecule has 1 saturated heterocycles. The number of hydroxylamine groups is 3. The smallest absolute Gasteiger partial charge is 0.274 e. The highest BCUT2D eigenvalue weighted by Crippen LogP contribution is 2.17. The van der Waals surface area contributed by atoms with E-state index in [1.165, 1.54) is 6.07 Å². The number of rotatable bonds is 15. The number of aliphatic hydroxyl groups is 4. The lowest BCUT2D eigenvalue weighted by Gasteiger charge is -2.26. The monoisotopic (exact) mass is 511 g/mol. The fraction of sp³-hybridized carbons (Fsp3) is 0.680. The van der Waals surface area contributed by atoms with Crippen LogP contribution in [0.3, 0.4) is 0 Å². The van der Waals surface area contributed by atoms with E-state index in [9.17, 15) is 30.0 Å². The van der Waals surface area contributed by atoms with Crippen LogP contribution in [0.2, 0.25) is 0 Å². The first-order valence-electron chi connectivity index (χ1n) is 12.6. The van der Waals surface area contributed by atoms with Crippen LogP contribution >= 0.6 is 0 Å². The molecule has 2 amide bonds. The predicted octanol–water partition coefficient (Wildman–Crippen LogP) is 0.390. The first-order chi connectivity index (χ1) is 17.2. The van der Waals surface area contributed by atoms with Crippen LogP contribution in [0.25, 0.3) is 0 Å². The number of hydrogen-bond acceptors (Lipinski definition) is 9. The van der Waals surface area contributed by atoms with Gasteiger partial charge in [-0.25, -0.2) is 5.48 Å². The van der Waals surface area contributed by atoms with Crippen molar-refractivity contribution in [2.45, 2.75) is 70.8 Å². The van der Waals surface area contributed by atoms with Gasteiger partial charge in [0.05, 0.1) is 19.3 Å². The van der Waals surface area contributed by atoms with Crippen molar-refractivity contribution in [3.63, 3.8) is 0 Å². The SMILES string of the molecule is CCCN(CCC)C(=O)c1cc(C)cc(C(=O)NOC[C@H](O)[C@@H](O)[C@H](O)CON2CCC[C@@H]2CO)c1. The Morgan fingerprint density at radius 2 is 1.72 bits per heavy atom. The second kappa shape index (κ2) is 15.2. The van der Waals surface area contributed by atoms with Crippen molar-refractivity contribution in [3.8, 4) is 0 Å². The van der Waals surface area contributed by atoms with Gasteiger partial charge in [-0.3, -0.25) is 19.3 Å². The van der Waals surface area contributed by atoms with E-state index in [0.29, 0.717) is 25.2 Å². The minimum Gasteiger partial charge on any atom is -0.395 e. The molecule has 5 N–H and O–H groups in total. The van der Waals surface area contributed by atoms with Crippen LogP contribution in [0.4, 0.5) is 0 Å². The summed E-state index contributed by atoms with van der Waals surface area (Å²) in [5, 5.41) is 41.3. The number of aliphatic hydroxyl groups excluding tert-OH is 4. The Bertz CT molecular complexity index is 834. The van der Waals surface area contributed by atoms with Crippen molar-refractivity contribution in [2.75, 3.05) is 39.5 Å². The number of aryl methyl sites for hydroxylation is 1. The van der Waals surface area contributed by atoms with Crippen LogP contribution < -0.4 is 5.48 Å². The summed E-state index contributed by atoms with van der Waals surface area (Å²) < 4.78 is 0. The first kappa shape index (κ1) is 30.1. The molecular weight excluding hydrogens is 470 g/mol. The summed E-state index contributed by atoms with van der Waals surface area (Å²) in [5.74, 6) is -0.758. The number of amides is 2. The molecule has 1 fully saturated rings. The number of benzene rings is 1. The van der Waals surface area contributed by atoms with Gasteiger partial charge in [-0.05, 0) is 56.4 Å². The predicted molar refractivity (Wildman–Crippen MR) is 132 cm³/mol. The van der Waals surface area contributed by atoms with Gasteiger partial charge < -0.3 is 25.3 Å². The van der Waals surface area contributed by atoms with Crippen LogP contribution in [-0.4, -0.2) is 106 Å². The molecule has 4 atom stereocenters. The molecule has 0 aromatic heterocycles. The molecule has 0 aliphatic carbocycles. The lowest BCUT2D eigenvalue weighted by atomic mass is 10.0. The Labute approximate surface area is 212 Å². The molecule has 0 bridgehead atoms. The Morgan fingerprint density at radius 1 is 1.08 bits per heavy atom. The fourth-order valence-corrected chi connectivity index (χ4v) is 4.11. The highest BCUT2D eigenvalue weighted by molar-refractivity contribution is 5.99. The van der Waals surface area contributed by atoms with E-state index in [0.717, 1.165) is 31.2 Å². The molecule has 1 aromatic carbocycles. The van der Waals surface area contributed by atoms with E-state index in [1.54, 1.807) is 29.0 Å². The summed E-state index contributed by atoms with van der Waals surface area (Å²) in [6, 6.07) is 4.68. The third-order valence-electron chi connectivity index (χ3n) is 6.01. The molecule has 204 valence electrons. The summed E-state index contributed by atoms with van der Waals surface area (Å²) in [5.41, 5.74) is 3.56. The average Bonchev–Trinajstić information content (AvgIpc) is 3.33. The Balaban J connectivity index is 1.86. The van der Waals surface area contributed by atoms with E-state index in [4.69, 9.17) is 9.68 Å². The van der Waals surface area contributed by atoms with Gasteiger partial charge in [0.1, 0.15) is 24.9 Å². The summed E-state index contributed by atoms with van der Waals surface area (Å²) >= 11 is 0. The lowest BCUT2D eigenvalue weighted by molar-refractivity contribution is -0.209. The average molecular weight is 512 g/mol. The van der Waals surface area contributed by atoms with Crippen molar-refractivity contribution in [3.05, 3.63) is 34.9 Å². The maximum atomic E-state index is 12.9. The quantitative estimate of drug-likeness (QED) is 0.211. The van der Waals surface area contributed by atoms with Crippen LogP contribution in [0.5, 0.6) is 0 Å². The first-order valence-corrected chi connectivity index (χ1v) is 12.6. The molecule has 1 aromatic rings. The number of carbonyl (C=O) groups is 2. The Kier molecular flexibility index (Phi) is 12.7. The van der Waals surface area contributed by atoms with Gasteiger partial charge in [-0.15, -0.1) is 0 Å². The van der Waals surface area contributed by atoms with Crippen LogP contribution in [0.1, 0.15) is 65.8 Å². The van der Waals surface area contributed by atoms with E-state index < -0.39 is 30.8 Å². The number of carbonyl (C=O) groups excluding carboxylic acids is 2. The number of nitrogens with zero attached hydrogens (tertiary/aromatic N) is 2. The zero-order valence-electron chi connectivity index (χ0n) is 21.4. The highest BCUT2D eigenvalue weighted by Gasteiger charge is 2.29. The minimum absolute atomic E-state index is 0.0683. The Hall–Kier alpha value is -2.12. The van der Waals surface area contributed by atoms with Crippen molar-refractivity contribution in [1.82, 2.24) is 15.4 Å². The maximum Gasteiger partial charge on any atom is 0.274 e. The van der Waals surface area contributed by atoms with Gasteiger partial charge in [0, 0.05) is 30.8 Å². The molecule has 0 saturated carbocycles. The molecule has 2 rings (SSSR count). The molecule has 0 radical (unpaired) electrons. The van der Waals surface area contributed by atoms with E-state index in [2.05, 4.69) is 5.48 Å². The van der Waals surface area contributed by atoms with Crippen LogP contribution in [0, 0.1) is 6.92 Å². The largest absolute Gasteiger partial charge is 0.395 e. The second-order valence-electron chi connectivity index (χ2n) is 9.16. The second-order valence-corrected chi connectivity index (χ2v) is 9.16. The summed E-state index contributed by atoms with van der Waals surface area (Å²) in [7, 11) is 0. The zero-order chi connectivity index (χ0) is 26.7. The molecule has 11 nitrogen and oxygen atoms in total. The normalized spacial score (nSPS) is 18.6. The summed E-state index contributed by atoms with van der Waals surface area (Å²) in [6.07, 6.45) is -1.20. The van der Waals surface area contributed by atoms with Gasteiger partial charge in [-0.1, -0.05) is 13.8 Å². The van der Waals surface area contributed by atoms with Crippen molar-refractivity contribution in [2.24, 2.45) is 0 Å². The minimum atomic E-state index is -1.58. The van der Waals surface area contributed by atoms with E-state index in [-0.39, 0.29) is 30.7 Å². The number of hydrogen-bond donors (Lipinski definition) is 5. The summed E-state index contributed by atoms with van der Waals surface area (Å²) in [6.45, 7) is 6.82. The van der Waals surface area contributed by atoms with Gasteiger partial charge in [0.2, 0.25) is 0 Å². The molecule has 1 aliphatic rings. The van der Waals surface area contributed by atoms with Crippen molar-refractivity contribution < 1.29 is 39.7 Å². The van der Waals surface area contributed by atoms with Crippen LogP contribution in [-0.2, 0) is 9.68 Å². The molecule has 1 aliphatic heterocycles. The van der Waals surface area contributed by atoms with Gasteiger partial charge in [-0.2, -0.15) is 5.06 Å². The highest BCUT2D eigenvalue weighted by atomic mass is 16.7. The molecule has 1 heterocycles. The van der Waals surface area contributed by atoms with Crippen LogP contribution in [0.15, 0.2) is 18.2 Å². The fourth-order valence-electron chi connectivity index (χ4n) is 4.11.